The summed E-state index contributed by atoms with van der Waals surface area (Å²) in [5.74, 6) is -0.0865. The first kappa shape index (κ1) is 12.5. The molecule has 0 aromatic heterocycles. The van der Waals surface area contributed by atoms with E-state index in [-0.39, 0.29) is 24.5 Å². The molecule has 0 heterocycles. The molecule has 88 valence electrons. The molecule has 0 atom stereocenters. The Bertz CT molecular complexity index is 200. The van der Waals surface area contributed by atoms with Gasteiger partial charge < -0.3 is 15.2 Å². The number of amides is 1. The van der Waals surface area contributed by atoms with Crippen molar-refractivity contribution in [3.05, 3.63) is 0 Å². The van der Waals surface area contributed by atoms with E-state index in [4.69, 9.17) is 4.74 Å². The number of rotatable bonds is 6. The van der Waals surface area contributed by atoms with Crippen molar-refractivity contribution >= 4 is 5.91 Å². The maximum atomic E-state index is 11.3. The Morgan fingerprint density at radius 3 is 2.67 bits per heavy atom. The summed E-state index contributed by atoms with van der Waals surface area (Å²) in [4.78, 5) is 11.3. The zero-order chi connectivity index (χ0) is 11.1. The third-order valence-corrected chi connectivity index (χ3v) is 3.10. The maximum absolute atomic E-state index is 11.3. The first-order valence-electron chi connectivity index (χ1n) is 5.68. The van der Waals surface area contributed by atoms with Crippen molar-refractivity contribution in [1.29, 1.82) is 0 Å². The molecule has 4 heteroatoms. The lowest BCUT2D eigenvalue weighted by Crippen LogP contribution is -2.39. The van der Waals surface area contributed by atoms with Crippen LogP contribution in [0.4, 0.5) is 0 Å². The van der Waals surface area contributed by atoms with Crippen LogP contribution in [-0.4, -0.2) is 37.4 Å². The van der Waals surface area contributed by atoms with Crippen LogP contribution in [0.15, 0.2) is 0 Å². The van der Waals surface area contributed by atoms with E-state index in [2.05, 4.69) is 5.32 Å². The van der Waals surface area contributed by atoms with Gasteiger partial charge in [0.15, 0.2) is 0 Å². The quantitative estimate of drug-likeness (QED) is 0.685. The summed E-state index contributed by atoms with van der Waals surface area (Å²) in [5.41, 5.74) is -0.0676. The van der Waals surface area contributed by atoms with Crippen LogP contribution in [0.25, 0.3) is 0 Å². The topological polar surface area (TPSA) is 58.6 Å². The molecule has 0 radical (unpaired) electrons. The zero-order valence-electron chi connectivity index (χ0n) is 9.42. The van der Waals surface area contributed by atoms with Gasteiger partial charge in [0.25, 0.3) is 0 Å². The van der Waals surface area contributed by atoms with Crippen molar-refractivity contribution < 1.29 is 14.6 Å². The summed E-state index contributed by atoms with van der Waals surface area (Å²) in [6.07, 6.45) is 4.33. The Morgan fingerprint density at radius 1 is 1.47 bits per heavy atom. The third kappa shape index (κ3) is 3.80. The number of aliphatic hydroxyl groups is 1. The van der Waals surface area contributed by atoms with Crippen LogP contribution >= 0.6 is 0 Å². The Labute approximate surface area is 91.0 Å². The molecular weight excluding hydrogens is 194 g/mol. The van der Waals surface area contributed by atoms with E-state index in [1.165, 1.54) is 0 Å². The van der Waals surface area contributed by atoms with E-state index >= 15 is 0 Å². The average molecular weight is 215 g/mol. The smallest absolute Gasteiger partial charge is 0.246 e. The van der Waals surface area contributed by atoms with E-state index < -0.39 is 0 Å². The van der Waals surface area contributed by atoms with Crippen LogP contribution in [0.3, 0.4) is 0 Å². The summed E-state index contributed by atoms with van der Waals surface area (Å²) < 4.78 is 5.00. The highest BCUT2D eigenvalue weighted by molar-refractivity contribution is 5.77. The summed E-state index contributed by atoms with van der Waals surface area (Å²) in [7, 11) is 0. The first-order chi connectivity index (χ1) is 7.22. The molecule has 15 heavy (non-hydrogen) atoms. The molecule has 4 nitrogen and oxygen atoms in total. The Kier molecular flexibility index (Phi) is 5.05. The first-order valence-corrected chi connectivity index (χ1v) is 5.68. The lowest BCUT2D eigenvalue weighted by molar-refractivity contribution is -0.126. The molecule has 0 saturated heterocycles. The number of ether oxygens (including phenoxy) is 1. The predicted octanol–water partition coefficient (Wildman–Crippen LogP) is 0.692. The minimum absolute atomic E-state index is 0.0676. The molecule has 1 fully saturated rings. The predicted molar refractivity (Wildman–Crippen MR) is 57.5 cm³/mol. The number of hydrogen-bond donors (Lipinski definition) is 2. The fourth-order valence-corrected chi connectivity index (χ4v) is 2.05. The Balaban J connectivity index is 2.25. The van der Waals surface area contributed by atoms with Gasteiger partial charge >= 0.3 is 0 Å². The Hall–Kier alpha value is -0.610. The van der Waals surface area contributed by atoms with Crippen molar-refractivity contribution in [1.82, 2.24) is 5.32 Å². The second-order valence-electron chi connectivity index (χ2n) is 4.28. The highest BCUT2D eigenvalue weighted by Crippen LogP contribution is 2.36. The molecule has 0 aliphatic heterocycles. The molecule has 1 rings (SSSR count). The number of hydrogen-bond acceptors (Lipinski definition) is 3. The van der Waals surface area contributed by atoms with Crippen LogP contribution in [-0.2, 0) is 9.53 Å². The molecular formula is C11H21NO3. The van der Waals surface area contributed by atoms with Crippen molar-refractivity contribution in [2.75, 3.05) is 26.4 Å². The normalized spacial score (nSPS) is 19.1. The van der Waals surface area contributed by atoms with E-state index in [1.807, 2.05) is 6.92 Å². The van der Waals surface area contributed by atoms with Crippen LogP contribution in [0.2, 0.25) is 0 Å². The van der Waals surface area contributed by atoms with E-state index in [9.17, 15) is 9.90 Å². The molecule has 1 aliphatic rings. The van der Waals surface area contributed by atoms with E-state index in [0.29, 0.717) is 13.2 Å². The van der Waals surface area contributed by atoms with E-state index in [1.54, 1.807) is 0 Å². The summed E-state index contributed by atoms with van der Waals surface area (Å²) in [6, 6.07) is 0. The average Bonchev–Trinajstić information content (AvgIpc) is 2.73. The van der Waals surface area contributed by atoms with Gasteiger partial charge in [0.2, 0.25) is 5.91 Å². The number of aliphatic hydroxyl groups excluding tert-OH is 1. The monoisotopic (exact) mass is 215 g/mol. The minimum atomic E-state index is -0.0865. The molecule has 0 spiro atoms. The molecule has 1 aliphatic carbocycles. The fourth-order valence-electron chi connectivity index (χ4n) is 2.05. The van der Waals surface area contributed by atoms with Crippen molar-refractivity contribution in [3.8, 4) is 0 Å². The SMILES string of the molecule is CCOCC(=O)NCC1(CO)CCCC1. The summed E-state index contributed by atoms with van der Waals surface area (Å²) in [6.45, 7) is 3.29. The highest BCUT2D eigenvalue weighted by atomic mass is 16.5. The second-order valence-corrected chi connectivity index (χ2v) is 4.28. The van der Waals surface area contributed by atoms with Gasteiger partial charge in [0.1, 0.15) is 6.61 Å². The maximum Gasteiger partial charge on any atom is 0.246 e. The minimum Gasteiger partial charge on any atom is -0.396 e. The van der Waals surface area contributed by atoms with Crippen LogP contribution in [0.5, 0.6) is 0 Å². The van der Waals surface area contributed by atoms with Crippen LogP contribution in [0, 0.1) is 5.41 Å². The number of nitrogens with one attached hydrogen (secondary N) is 1. The zero-order valence-corrected chi connectivity index (χ0v) is 9.42. The molecule has 0 bridgehead atoms. The van der Waals surface area contributed by atoms with Gasteiger partial charge in [-0.05, 0) is 19.8 Å². The molecule has 2 N–H and O–H groups in total. The van der Waals surface area contributed by atoms with Crippen molar-refractivity contribution in [2.45, 2.75) is 32.6 Å². The Morgan fingerprint density at radius 2 is 2.13 bits per heavy atom. The second kappa shape index (κ2) is 6.08. The summed E-state index contributed by atoms with van der Waals surface area (Å²) in [5, 5.41) is 12.2. The van der Waals surface area contributed by atoms with Crippen molar-refractivity contribution in [3.63, 3.8) is 0 Å². The van der Waals surface area contributed by atoms with Gasteiger partial charge in [-0.15, -0.1) is 0 Å². The van der Waals surface area contributed by atoms with Gasteiger partial charge in [-0.3, -0.25) is 4.79 Å². The van der Waals surface area contributed by atoms with Gasteiger partial charge in [-0.2, -0.15) is 0 Å². The fraction of sp³-hybridized carbons (Fsp3) is 0.909. The van der Waals surface area contributed by atoms with Crippen LogP contribution in [0.1, 0.15) is 32.6 Å². The largest absolute Gasteiger partial charge is 0.396 e. The number of carbonyl (C=O) groups is 1. The van der Waals surface area contributed by atoms with Gasteiger partial charge in [0.05, 0.1) is 6.61 Å². The third-order valence-electron chi connectivity index (χ3n) is 3.10. The molecule has 0 aromatic carbocycles. The standard InChI is InChI=1S/C11H21NO3/c1-2-15-7-10(14)12-8-11(9-13)5-3-4-6-11/h13H,2-9H2,1H3,(H,12,14). The van der Waals surface area contributed by atoms with Gasteiger partial charge in [-0.25, -0.2) is 0 Å². The summed E-state index contributed by atoms with van der Waals surface area (Å²) >= 11 is 0. The van der Waals surface area contributed by atoms with Crippen molar-refractivity contribution in [2.24, 2.45) is 5.41 Å². The van der Waals surface area contributed by atoms with Gasteiger partial charge in [-0.1, -0.05) is 12.8 Å². The molecule has 1 saturated carbocycles. The highest BCUT2D eigenvalue weighted by Gasteiger charge is 2.33. The molecule has 1 amide bonds. The molecule has 0 unspecified atom stereocenters. The lowest BCUT2D eigenvalue weighted by Gasteiger charge is -2.26. The van der Waals surface area contributed by atoms with E-state index in [0.717, 1.165) is 25.7 Å². The molecule has 0 aromatic rings. The lowest BCUT2D eigenvalue weighted by atomic mass is 9.87. The van der Waals surface area contributed by atoms with Gasteiger partial charge in [0, 0.05) is 18.6 Å². The number of carbonyl (C=O) groups excluding carboxylic acids is 1. The van der Waals surface area contributed by atoms with Crippen LogP contribution < -0.4 is 5.32 Å².